The van der Waals surface area contributed by atoms with Gasteiger partial charge in [0.2, 0.25) is 0 Å². The summed E-state index contributed by atoms with van der Waals surface area (Å²) in [4.78, 5) is 7.88. The zero-order chi connectivity index (χ0) is 13.7. The molecule has 0 bridgehead atoms. The van der Waals surface area contributed by atoms with Gasteiger partial charge in [-0.05, 0) is 48.8 Å². The van der Waals surface area contributed by atoms with E-state index >= 15 is 0 Å². The minimum absolute atomic E-state index is 0.555. The number of fused-ring (bicyclic) bond motifs is 2. The SMILES string of the molecule is Cc1ccc2[nH]c(=S)n(CC3Cc4ccccc43)c2n1. The van der Waals surface area contributed by atoms with Crippen LogP contribution >= 0.6 is 12.2 Å². The third kappa shape index (κ3) is 1.72. The maximum absolute atomic E-state index is 5.45. The highest BCUT2D eigenvalue weighted by Gasteiger charge is 2.26. The number of H-pyrrole nitrogens is 1. The average molecular weight is 281 g/mol. The van der Waals surface area contributed by atoms with Crippen molar-refractivity contribution in [2.45, 2.75) is 25.8 Å². The van der Waals surface area contributed by atoms with E-state index in [1.54, 1.807) is 0 Å². The summed E-state index contributed by atoms with van der Waals surface area (Å²) in [5.41, 5.74) is 5.94. The normalized spacial score (nSPS) is 16.9. The maximum atomic E-state index is 5.45. The number of imidazole rings is 1. The van der Waals surface area contributed by atoms with Gasteiger partial charge in [-0.3, -0.25) is 0 Å². The predicted molar refractivity (Wildman–Crippen MR) is 82.5 cm³/mol. The van der Waals surface area contributed by atoms with Crippen LogP contribution in [0, 0.1) is 11.7 Å². The average Bonchev–Trinajstić information content (AvgIpc) is 2.72. The van der Waals surface area contributed by atoms with Crippen molar-refractivity contribution < 1.29 is 0 Å². The van der Waals surface area contributed by atoms with E-state index in [4.69, 9.17) is 12.2 Å². The molecule has 4 heteroatoms. The second-order valence-electron chi connectivity index (χ2n) is 5.46. The van der Waals surface area contributed by atoms with Gasteiger partial charge in [-0.1, -0.05) is 24.3 Å². The number of rotatable bonds is 2. The van der Waals surface area contributed by atoms with Gasteiger partial charge in [-0.15, -0.1) is 0 Å². The number of aryl methyl sites for hydroxylation is 1. The molecule has 0 spiro atoms. The van der Waals surface area contributed by atoms with Crippen LogP contribution in [0.4, 0.5) is 0 Å². The maximum Gasteiger partial charge on any atom is 0.179 e. The first kappa shape index (κ1) is 11.9. The van der Waals surface area contributed by atoms with Crippen molar-refractivity contribution >= 4 is 23.4 Å². The van der Waals surface area contributed by atoms with Crippen LogP contribution in [0.25, 0.3) is 11.2 Å². The van der Waals surface area contributed by atoms with Crippen molar-refractivity contribution in [2.75, 3.05) is 0 Å². The van der Waals surface area contributed by atoms with Crippen LogP contribution in [0.3, 0.4) is 0 Å². The van der Waals surface area contributed by atoms with Crippen molar-refractivity contribution in [3.05, 3.63) is 58.0 Å². The molecule has 3 aromatic rings. The number of hydrogen-bond donors (Lipinski definition) is 1. The molecule has 1 atom stereocenters. The minimum Gasteiger partial charge on any atom is -0.329 e. The lowest BCUT2D eigenvalue weighted by Gasteiger charge is -2.30. The van der Waals surface area contributed by atoms with Gasteiger partial charge in [0, 0.05) is 18.2 Å². The summed E-state index contributed by atoms with van der Waals surface area (Å²) >= 11 is 5.45. The molecule has 0 saturated carbocycles. The fourth-order valence-corrected chi connectivity index (χ4v) is 3.31. The first-order valence-electron chi connectivity index (χ1n) is 6.86. The summed E-state index contributed by atoms with van der Waals surface area (Å²) in [7, 11) is 0. The Kier molecular flexibility index (Phi) is 2.54. The summed E-state index contributed by atoms with van der Waals surface area (Å²) in [6, 6.07) is 12.7. The molecule has 1 aliphatic carbocycles. The Morgan fingerprint density at radius 1 is 1.30 bits per heavy atom. The number of aromatic amines is 1. The Labute approximate surface area is 122 Å². The molecular weight excluding hydrogens is 266 g/mol. The number of nitrogens with zero attached hydrogens (tertiary/aromatic N) is 2. The molecule has 1 N–H and O–H groups in total. The molecule has 100 valence electrons. The zero-order valence-electron chi connectivity index (χ0n) is 11.3. The van der Waals surface area contributed by atoms with Crippen molar-refractivity contribution in [2.24, 2.45) is 0 Å². The molecular formula is C16H15N3S. The predicted octanol–water partition coefficient (Wildman–Crippen LogP) is 3.74. The standard InChI is InChI=1S/C16H15N3S/c1-10-6-7-14-15(17-10)19(16(20)18-14)9-12-8-11-4-2-3-5-13(11)12/h2-7,12H,8-9H2,1H3,(H,18,20). The molecule has 0 saturated heterocycles. The number of benzene rings is 1. The Hall–Kier alpha value is -1.94. The number of hydrogen-bond acceptors (Lipinski definition) is 2. The number of nitrogens with one attached hydrogen (secondary N) is 1. The minimum atomic E-state index is 0.555. The topological polar surface area (TPSA) is 33.6 Å². The van der Waals surface area contributed by atoms with E-state index in [0.29, 0.717) is 5.92 Å². The highest BCUT2D eigenvalue weighted by molar-refractivity contribution is 7.71. The fraction of sp³-hybridized carbons (Fsp3) is 0.250. The molecule has 0 amide bonds. The monoisotopic (exact) mass is 281 g/mol. The van der Waals surface area contributed by atoms with Gasteiger partial charge < -0.3 is 9.55 Å². The van der Waals surface area contributed by atoms with E-state index in [2.05, 4.69) is 44.9 Å². The first-order valence-corrected chi connectivity index (χ1v) is 7.27. The number of aromatic nitrogens is 3. The Morgan fingerprint density at radius 2 is 2.15 bits per heavy atom. The smallest absolute Gasteiger partial charge is 0.179 e. The second kappa shape index (κ2) is 4.28. The molecule has 2 aromatic heterocycles. The Bertz CT molecular complexity index is 860. The third-order valence-electron chi connectivity index (χ3n) is 4.12. The molecule has 3 nitrogen and oxygen atoms in total. The van der Waals surface area contributed by atoms with E-state index in [9.17, 15) is 0 Å². The molecule has 0 radical (unpaired) electrons. The summed E-state index contributed by atoms with van der Waals surface area (Å²) in [5.74, 6) is 0.555. The van der Waals surface area contributed by atoms with E-state index in [1.807, 2.05) is 13.0 Å². The highest BCUT2D eigenvalue weighted by Crippen LogP contribution is 2.36. The summed E-state index contributed by atoms with van der Waals surface area (Å²) in [6.07, 6.45) is 1.14. The van der Waals surface area contributed by atoms with Gasteiger partial charge in [0.15, 0.2) is 10.4 Å². The lowest BCUT2D eigenvalue weighted by molar-refractivity contribution is 0.511. The van der Waals surface area contributed by atoms with Crippen molar-refractivity contribution in [1.82, 2.24) is 14.5 Å². The molecule has 20 heavy (non-hydrogen) atoms. The van der Waals surface area contributed by atoms with Gasteiger partial charge in [0.1, 0.15) is 0 Å². The van der Waals surface area contributed by atoms with Crippen LogP contribution in [0.1, 0.15) is 22.7 Å². The van der Waals surface area contributed by atoms with Crippen LogP contribution in [0.5, 0.6) is 0 Å². The lowest BCUT2D eigenvalue weighted by Crippen LogP contribution is -2.22. The molecule has 1 aliphatic rings. The summed E-state index contributed by atoms with van der Waals surface area (Å²) in [5, 5.41) is 0. The van der Waals surface area contributed by atoms with Gasteiger partial charge in [0.25, 0.3) is 0 Å². The molecule has 0 aliphatic heterocycles. The lowest BCUT2D eigenvalue weighted by atomic mass is 9.77. The quantitative estimate of drug-likeness (QED) is 0.726. The fourth-order valence-electron chi connectivity index (χ4n) is 3.04. The van der Waals surface area contributed by atoms with Crippen molar-refractivity contribution in [3.8, 4) is 0 Å². The molecule has 0 fully saturated rings. The van der Waals surface area contributed by atoms with Crippen LogP contribution in [-0.2, 0) is 13.0 Å². The third-order valence-corrected chi connectivity index (χ3v) is 4.44. The van der Waals surface area contributed by atoms with E-state index in [-0.39, 0.29) is 0 Å². The van der Waals surface area contributed by atoms with Gasteiger partial charge >= 0.3 is 0 Å². The first-order chi connectivity index (χ1) is 9.72. The largest absolute Gasteiger partial charge is 0.329 e. The Balaban J connectivity index is 1.75. The zero-order valence-corrected chi connectivity index (χ0v) is 12.1. The molecule has 1 unspecified atom stereocenters. The Morgan fingerprint density at radius 3 is 3.00 bits per heavy atom. The highest BCUT2D eigenvalue weighted by atomic mass is 32.1. The van der Waals surface area contributed by atoms with Crippen molar-refractivity contribution in [3.63, 3.8) is 0 Å². The summed E-state index contributed by atoms with van der Waals surface area (Å²) < 4.78 is 2.90. The van der Waals surface area contributed by atoms with Crippen LogP contribution in [0.2, 0.25) is 0 Å². The van der Waals surface area contributed by atoms with Gasteiger partial charge in [-0.25, -0.2) is 4.98 Å². The molecule has 1 aromatic carbocycles. The van der Waals surface area contributed by atoms with Crippen molar-refractivity contribution in [1.29, 1.82) is 0 Å². The second-order valence-corrected chi connectivity index (χ2v) is 5.85. The van der Waals surface area contributed by atoms with E-state index in [0.717, 1.165) is 34.6 Å². The van der Waals surface area contributed by atoms with E-state index < -0.39 is 0 Å². The van der Waals surface area contributed by atoms with Gasteiger partial charge in [0.05, 0.1) is 5.52 Å². The van der Waals surface area contributed by atoms with E-state index in [1.165, 1.54) is 11.1 Å². The van der Waals surface area contributed by atoms with Gasteiger partial charge in [-0.2, -0.15) is 0 Å². The van der Waals surface area contributed by atoms with Crippen LogP contribution < -0.4 is 0 Å². The van der Waals surface area contributed by atoms with Crippen LogP contribution in [-0.4, -0.2) is 14.5 Å². The molecule has 2 heterocycles. The summed E-state index contributed by atoms with van der Waals surface area (Å²) in [6.45, 7) is 2.92. The number of pyridine rings is 1. The molecule has 4 rings (SSSR count). The van der Waals surface area contributed by atoms with Crippen LogP contribution in [0.15, 0.2) is 36.4 Å².